The summed E-state index contributed by atoms with van der Waals surface area (Å²) in [7, 11) is 0. The van der Waals surface area contributed by atoms with Crippen LogP contribution in [0.15, 0.2) is 41.1 Å². The number of nitrogens with zero attached hydrogens (tertiary/aromatic N) is 6. The standard InChI is InChI=1S/C26H32N8O3/c1-16-14-33(10-11-34(16)25(35)36-26(3,4)5)15-18-8-9-27-22(12-18)31-24-29-20-7-6-19(13-21(20)30-24)23-28-17(2)32-37-23/h6-9,12-13,16H,10-11,14-15H2,1-5H3,(H2,27,29,30,31)/t16-/m1/s1. The second-order valence-electron chi connectivity index (χ2n) is 10.4. The Labute approximate surface area is 215 Å². The lowest BCUT2D eigenvalue weighted by Crippen LogP contribution is -2.54. The fourth-order valence-corrected chi connectivity index (χ4v) is 4.41. The number of rotatable bonds is 5. The lowest BCUT2D eigenvalue weighted by atomic mass is 10.1. The zero-order valence-electron chi connectivity index (χ0n) is 21.8. The van der Waals surface area contributed by atoms with Crippen LogP contribution in [0.4, 0.5) is 16.6 Å². The molecule has 4 heterocycles. The molecule has 1 atom stereocenters. The molecule has 1 aromatic carbocycles. The maximum Gasteiger partial charge on any atom is 0.410 e. The monoisotopic (exact) mass is 504 g/mol. The number of pyridine rings is 1. The Morgan fingerprint density at radius 3 is 2.78 bits per heavy atom. The summed E-state index contributed by atoms with van der Waals surface area (Å²) >= 11 is 0. The molecule has 1 saturated heterocycles. The van der Waals surface area contributed by atoms with Crippen molar-refractivity contribution in [2.75, 3.05) is 25.0 Å². The molecule has 37 heavy (non-hydrogen) atoms. The van der Waals surface area contributed by atoms with Crippen LogP contribution >= 0.6 is 0 Å². The number of aryl methyl sites for hydroxylation is 1. The van der Waals surface area contributed by atoms with E-state index in [9.17, 15) is 4.79 Å². The third-order valence-corrected chi connectivity index (χ3v) is 6.07. The summed E-state index contributed by atoms with van der Waals surface area (Å²) in [5, 5.41) is 7.12. The zero-order chi connectivity index (χ0) is 26.2. The lowest BCUT2D eigenvalue weighted by Gasteiger charge is -2.40. The van der Waals surface area contributed by atoms with Crippen LogP contribution in [0, 0.1) is 6.92 Å². The number of piperazine rings is 1. The Kier molecular flexibility index (Phi) is 6.55. The maximum atomic E-state index is 12.5. The van der Waals surface area contributed by atoms with E-state index >= 15 is 0 Å². The molecule has 1 aliphatic rings. The van der Waals surface area contributed by atoms with E-state index < -0.39 is 5.60 Å². The molecule has 11 heteroatoms. The van der Waals surface area contributed by atoms with Crippen LogP contribution in [-0.2, 0) is 11.3 Å². The van der Waals surface area contributed by atoms with Crippen molar-refractivity contribution in [1.29, 1.82) is 0 Å². The molecule has 4 aromatic rings. The van der Waals surface area contributed by atoms with Crippen molar-refractivity contribution in [3.63, 3.8) is 0 Å². The van der Waals surface area contributed by atoms with Gasteiger partial charge in [-0.25, -0.2) is 14.8 Å². The van der Waals surface area contributed by atoms with E-state index in [1.165, 1.54) is 0 Å². The van der Waals surface area contributed by atoms with Gasteiger partial charge < -0.3 is 24.5 Å². The summed E-state index contributed by atoms with van der Waals surface area (Å²) in [6, 6.07) is 9.84. The van der Waals surface area contributed by atoms with Gasteiger partial charge in [0.05, 0.1) is 11.0 Å². The third kappa shape index (κ3) is 5.88. The number of benzene rings is 1. The van der Waals surface area contributed by atoms with Crippen molar-refractivity contribution in [2.24, 2.45) is 0 Å². The Morgan fingerprint density at radius 1 is 1.22 bits per heavy atom. The van der Waals surface area contributed by atoms with E-state index in [1.807, 2.05) is 56.0 Å². The summed E-state index contributed by atoms with van der Waals surface area (Å²) in [4.78, 5) is 33.3. The number of anilines is 2. The molecule has 1 amide bonds. The molecule has 3 aromatic heterocycles. The van der Waals surface area contributed by atoms with E-state index in [-0.39, 0.29) is 12.1 Å². The number of imidazole rings is 1. The fraction of sp³-hybridized carbons (Fsp3) is 0.423. The summed E-state index contributed by atoms with van der Waals surface area (Å²) in [5.74, 6) is 2.36. The molecule has 0 radical (unpaired) electrons. The average Bonchev–Trinajstić information content (AvgIpc) is 3.43. The first-order chi connectivity index (χ1) is 17.6. The largest absolute Gasteiger partial charge is 0.444 e. The minimum atomic E-state index is -0.496. The van der Waals surface area contributed by atoms with Crippen LogP contribution in [0.2, 0.25) is 0 Å². The van der Waals surface area contributed by atoms with Crippen LogP contribution in [-0.4, -0.2) is 72.3 Å². The summed E-state index contributed by atoms with van der Waals surface area (Å²) in [5.41, 5.74) is 3.12. The van der Waals surface area contributed by atoms with Crippen molar-refractivity contribution in [2.45, 2.75) is 52.8 Å². The highest BCUT2D eigenvalue weighted by Crippen LogP contribution is 2.24. The van der Waals surface area contributed by atoms with E-state index in [0.29, 0.717) is 30.0 Å². The number of carbonyl (C=O) groups is 1. The van der Waals surface area contributed by atoms with Crippen molar-refractivity contribution in [3.8, 4) is 11.5 Å². The number of H-pyrrole nitrogens is 1. The van der Waals surface area contributed by atoms with Gasteiger partial charge in [-0.1, -0.05) is 5.16 Å². The molecule has 0 bridgehead atoms. The zero-order valence-corrected chi connectivity index (χ0v) is 21.8. The normalized spacial score (nSPS) is 16.8. The van der Waals surface area contributed by atoms with Crippen molar-refractivity contribution < 1.29 is 14.1 Å². The van der Waals surface area contributed by atoms with E-state index in [2.05, 4.69) is 42.2 Å². The van der Waals surface area contributed by atoms with Gasteiger partial charge in [0.25, 0.3) is 5.89 Å². The van der Waals surface area contributed by atoms with Gasteiger partial charge in [-0.3, -0.25) is 4.90 Å². The van der Waals surface area contributed by atoms with Crippen LogP contribution < -0.4 is 5.32 Å². The van der Waals surface area contributed by atoms with Crippen molar-refractivity contribution >= 4 is 28.9 Å². The van der Waals surface area contributed by atoms with E-state index in [4.69, 9.17) is 9.26 Å². The topological polar surface area (TPSA) is 125 Å². The molecule has 0 saturated carbocycles. The SMILES string of the molecule is Cc1noc(-c2ccc3nc(Nc4cc(CN5CCN(C(=O)OC(C)(C)C)[C@H](C)C5)ccn4)[nH]c3c2)n1. The first-order valence-corrected chi connectivity index (χ1v) is 12.4. The predicted molar refractivity (Wildman–Crippen MR) is 139 cm³/mol. The highest BCUT2D eigenvalue weighted by atomic mass is 16.6. The molecule has 0 aliphatic carbocycles. The van der Waals surface area contributed by atoms with Gasteiger partial charge in [0.2, 0.25) is 5.95 Å². The van der Waals surface area contributed by atoms with Gasteiger partial charge in [0.15, 0.2) is 5.82 Å². The summed E-state index contributed by atoms with van der Waals surface area (Å²) in [6.07, 6.45) is 1.54. The van der Waals surface area contributed by atoms with Crippen LogP contribution in [0.5, 0.6) is 0 Å². The maximum absolute atomic E-state index is 12.5. The van der Waals surface area contributed by atoms with Crippen LogP contribution in [0.3, 0.4) is 0 Å². The number of ether oxygens (including phenoxy) is 1. The molecular formula is C26H32N8O3. The summed E-state index contributed by atoms with van der Waals surface area (Å²) in [6.45, 7) is 12.5. The first-order valence-electron chi connectivity index (χ1n) is 12.4. The number of carbonyl (C=O) groups excluding carboxylic acids is 1. The number of aromatic amines is 1. The molecule has 1 fully saturated rings. The lowest BCUT2D eigenvalue weighted by molar-refractivity contribution is 0.000562. The minimum Gasteiger partial charge on any atom is -0.444 e. The third-order valence-electron chi connectivity index (χ3n) is 6.07. The number of fused-ring (bicyclic) bond motifs is 1. The molecule has 2 N–H and O–H groups in total. The number of hydrogen-bond acceptors (Lipinski definition) is 9. The minimum absolute atomic E-state index is 0.0690. The van der Waals surface area contributed by atoms with Crippen LogP contribution in [0.1, 0.15) is 39.1 Å². The fourth-order valence-electron chi connectivity index (χ4n) is 4.41. The second-order valence-corrected chi connectivity index (χ2v) is 10.4. The van der Waals surface area contributed by atoms with Gasteiger partial charge in [0.1, 0.15) is 11.4 Å². The Bertz CT molecular complexity index is 1410. The van der Waals surface area contributed by atoms with Gasteiger partial charge >= 0.3 is 6.09 Å². The van der Waals surface area contributed by atoms with Gasteiger partial charge in [-0.15, -0.1) is 0 Å². The van der Waals surface area contributed by atoms with Crippen molar-refractivity contribution in [3.05, 3.63) is 47.9 Å². The number of amides is 1. The highest BCUT2D eigenvalue weighted by molar-refractivity contribution is 5.82. The molecule has 0 unspecified atom stereocenters. The smallest absolute Gasteiger partial charge is 0.410 e. The molecule has 5 rings (SSSR count). The predicted octanol–water partition coefficient (Wildman–Crippen LogP) is 4.50. The average molecular weight is 505 g/mol. The van der Waals surface area contributed by atoms with Gasteiger partial charge in [-0.2, -0.15) is 4.98 Å². The molecule has 1 aliphatic heterocycles. The van der Waals surface area contributed by atoms with Gasteiger partial charge in [0, 0.05) is 44.0 Å². The Balaban J connectivity index is 1.22. The number of aromatic nitrogens is 5. The van der Waals surface area contributed by atoms with E-state index in [1.54, 1.807) is 13.1 Å². The first kappa shape index (κ1) is 24.7. The Morgan fingerprint density at radius 2 is 2.05 bits per heavy atom. The Hall–Kier alpha value is -3.99. The highest BCUT2D eigenvalue weighted by Gasteiger charge is 2.30. The van der Waals surface area contributed by atoms with Crippen molar-refractivity contribution in [1.82, 2.24) is 34.9 Å². The molecule has 0 spiro atoms. The molecule has 11 nitrogen and oxygen atoms in total. The summed E-state index contributed by atoms with van der Waals surface area (Å²) < 4.78 is 10.8. The quantitative estimate of drug-likeness (QED) is 0.404. The van der Waals surface area contributed by atoms with E-state index in [0.717, 1.165) is 41.8 Å². The van der Waals surface area contributed by atoms with Gasteiger partial charge in [-0.05, 0) is 70.5 Å². The second kappa shape index (κ2) is 9.81. The number of nitrogens with one attached hydrogen (secondary N) is 2. The molecular weight excluding hydrogens is 472 g/mol. The van der Waals surface area contributed by atoms with Crippen LogP contribution in [0.25, 0.3) is 22.5 Å². The number of hydrogen-bond donors (Lipinski definition) is 2. The molecule has 194 valence electrons.